The molecule has 1 aromatic carbocycles. The molecular formula is C25H29N5. The zero-order valence-corrected chi connectivity index (χ0v) is 18.2. The highest BCUT2D eigenvalue weighted by molar-refractivity contribution is 5.59. The first kappa shape index (κ1) is 21.6. The van der Waals surface area contributed by atoms with Gasteiger partial charge in [0.05, 0.1) is 23.4 Å². The molecule has 5 heteroatoms. The maximum absolute atomic E-state index is 10.2. The van der Waals surface area contributed by atoms with Crippen molar-refractivity contribution in [2.45, 2.75) is 45.4 Å². The van der Waals surface area contributed by atoms with Crippen molar-refractivity contribution in [2.24, 2.45) is 17.1 Å². The second-order valence-electron chi connectivity index (χ2n) is 9.31. The summed E-state index contributed by atoms with van der Waals surface area (Å²) in [6, 6.07) is 14.8. The molecular weight excluding hydrogens is 370 g/mol. The van der Waals surface area contributed by atoms with Crippen LogP contribution in [0.15, 0.2) is 47.2 Å². The van der Waals surface area contributed by atoms with Crippen LogP contribution in [-0.4, -0.2) is 24.5 Å². The third-order valence-electron chi connectivity index (χ3n) is 6.42. The zero-order chi connectivity index (χ0) is 22.1. The Labute approximate surface area is 179 Å². The maximum atomic E-state index is 10.2. The number of hydrogen-bond acceptors (Lipinski definition) is 5. The average molecular weight is 400 g/mol. The van der Waals surface area contributed by atoms with Gasteiger partial charge >= 0.3 is 0 Å². The van der Waals surface area contributed by atoms with Crippen molar-refractivity contribution < 1.29 is 0 Å². The number of nitrogens with two attached hydrogens (primary N) is 1. The molecule has 0 radical (unpaired) electrons. The second kappa shape index (κ2) is 7.98. The minimum Gasteiger partial charge on any atom is -0.399 e. The van der Waals surface area contributed by atoms with Gasteiger partial charge in [-0.1, -0.05) is 58.0 Å². The Kier molecular flexibility index (Phi) is 5.76. The molecule has 1 aliphatic carbocycles. The predicted molar refractivity (Wildman–Crippen MR) is 117 cm³/mol. The molecule has 30 heavy (non-hydrogen) atoms. The lowest BCUT2D eigenvalue weighted by Crippen LogP contribution is -2.48. The van der Waals surface area contributed by atoms with Crippen molar-refractivity contribution in [2.75, 3.05) is 19.6 Å². The molecule has 5 nitrogen and oxygen atoms in total. The summed E-state index contributed by atoms with van der Waals surface area (Å²) < 4.78 is 0. The van der Waals surface area contributed by atoms with Crippen LogP contribution in [-0.2, 0) is 5.41 Å². The SMILES string of the molecule is CCCN1CC=C2C(C#N)=C(N)C(C#N)(C#N)[C@@H](c3ccc(C(C)(C)C)cc3)[C@H]2C1. The Morgan fingerprint density at radius 2 is 1.77 bits per heavy atom. The van der Waals surface area contributed by atoms with E-state index in [2.05, 4.69) is 69.0 Å². The van der Waals surface area contributed by atoms with Gasteiger partial charge in [-0.3, -0.25) is 4.90 Å². The van der Waals surface area contributed by atoms with Crippen LogP contribution in [0, 0.1) is 45.3 Å². The second-order valence-corrected chi connectivity index (χ2v) is 9.31. The van der Waals surface area contributed by atoms with Crippen molar-refractivity contribution >= 4 is 0 Å². The van der Waals surface area contributed by atoms with E-state index in [1.54, 1.807) is 0 Å². The molecule has 2 atom stereocenters. The lowest BCUT2D eigenvalue weighted by atomic mass is 9.58. The summed E-state index contributed by atoms with van der Waals surface area (Å²) in [5.74, 6) is -0.559. The molecule has 1 heterocycles. The summed E-state index contributed by atoms with van der Waals surface area (Å²) in [4.78, 5) is 2.32. The molecule has 3 rings (SSSR count). The van der Waals surface area contributed by atoms with Crippen LogP contribution >= 0.6 is 0 Å². The number of hydrogen-bond donors (Lipinski definition) is 1. The first-order chi connectivity index (χ1) is 14.2. The topological polar surface area (TPSA) is 101 Å². The predicted octanol–water partition coefficient (Wildman–Crippen LogP) is 4.12. The quantitative estimate of drug-likeness (QED) is 0.824. The summed E-state index contributed by atoms with van der Waals surface area (Å²) in [6.07, 6.45) is 3.08. The van der Waals surface area contributed by atoms with Crippen molar-refractivity contribution in [1.29, 1.82) is 15.8 Å². The van der Waals surface area contributed by atoms with E-state index in [4.69, 9.17) is 5.73 Å². The summed E-state index contributed by atoms with van der Waals surface area (Å²) in [5, 5.41) is 30.2. The van der Waals surface area contributed by atoms with E-state index in [0.29, 0.717) is 12.1 Å². The van der Waals surface area contributed by atoms with E-state index in [9.17, 15) is 15.8 Å². The minimum atomic E-state index is -1.56. The van der Waals surface area contributed by atoms with E-state index >= 15 is 0 Å². The first-order valence-electron chi connectivity index (χ1n) is 10.5. The fourth-order valence-corrected chi connectivity index (χ4v) is 4.81. The Morgan fingerprint density at radius 1 is 1.13 bits per heavy atom. The van der Waals surface area contributed by atoms with Gasteiger partial charge in [0, 0.05) is 24.9 Å². The highest BCUT2D eigenvalue weighted by Gasteiger charge is 2.54. The largest absolute Gasteiger partial charge is 0.399 e. The molecule has 2 N–H and O–H groups in total. The van der Waals surface area contributed by atoms with Crippen LogP contribution in [0.25, 0.3) is 0 Å². The molecule has 0 amide bonds. The Bertz CT molecular complexity index is 988. The van der Waals surface area contributed by atoms with Crippen LogP contribution in [0.3, 0.4) is 0 Å². The molecule has 0 saturated carbocycles. The number of rotatable bonds is 3. The van der Waals surface area contributed by atoms with Crippen LogP contribution in [0.4, 0.5) is 0 Å². The van der Waals surface area contributed by atoms with Crippen molar-refractivity contribution in [1.82, 2.24) is 4.90 Å². The van der Waals surface area contributed by atoms with Crippen LogP contribution < -0.4 is 5.73 Å². The lowest BCUT2D eigenvalue weighted by molar-refractivity contribution is 0.207. The normalized spacial score (nSPS) is 23.6. The number of benzene rings is 1. The Balaban J connectivity index is 2.22. The number of nitrogens with zero attached hydrogens (tertiary/aromatic N) is 4. The lowest BCUT2D eigenvalue weighted by Gasteiger charge is -2.45. The summed E-state index contributed by atoms with van der Waals surface area (Å²) in [6.45, 7) is 11.0. The average Bonchev–Trinajstić information content (AvgIpc) is 2.73. The van der Waals surface area contributed by atoms with Crippen LogP contribution in [0.1, 0.15) is 51.2 Å². The number of fused-ring (bicyclic) bond motifs is 1. The molecule has 1 aliphatic heterocycles. The molecule has 0 aromatic heterocycles. The van der Waals surface area contributed by atoms with Gasteiger partial charge in [0.2, 0.25) is 0 Å². The molecule has 0 bridgehead atoms. The van der Waals surface area contributed by atoms with Gasteiger partial charge < -0.3 is 5.73 Å². The molecule has 154 valence electrons. The number of allylic oxidation sites excluding steroid dienone is 2. The molecule has 0 saturated heterocycles. The smallest absolute Gasteiger partial charge is 0.191 e. The van der Waals surface area contributed by atoms with E-state index in [-0.39, 0.29) is 17.0 Å². The molecule has 0 unspecified atom stereocenters. The molecule has 1 aromatic rings. The highest BCUT2D eigenvalue weighted by atomic mass is 15.1. The summed E-state index contributed by atoms with van der Waals surface area (Å²) >= 11 is 0. The van der Waals surface area contributed by atoms with Gasteiger partial charge in [-0.2, -0.15) is 15.8 Å². The van der Waals surface area contributed by atoms with Crippen LogP contribution in [0.5, 0.6) is 0 Å². The fraction of sp³-hybridized carbons (Fsp3) is 0.480. The molecule has 0 spiro atoms. The minimum absolute atomic E-state index is 0.00732. The standard InChI is InChI=1S/C25H29N5/c1-5-11-30-12-10-19-20(13-26)23(29)25(15-27,16-28)22(21(19)14-30)17-6-8-18(9-7-17)24(2,3)4/h6-10,21-22H,5,11-12,14,29H2,1-4H3/t21-,22-/m0/s1. The fourth-order valence-electron chi connectivity index (χ4n) is 4.81. The monoisotopic (exact) mass is 399 g/mol. The van der Waals surface area contributed by atoms with Gasteiger partial charge in [-0.25, -0.2) is 0 Å². The van der Waals surface area contributed by atoms with Crippen molar-refractivity contribution in [3.63, 3.8) is 0 Å². The maximum Gasteiger partial charge on any atom is 0.191 e. The highest BCUT2D eigenvalue weighted by Crippen LogP contribution is 2.54. The van der Waals surface area contributed by atoms with Crippen LogP contribution in [0.2, 0.25) is 0 Å². The Hall–Kier alpha value is -3.07. The summed E-state index contributed by atoms with van der Waals surface area (Å²) in [7, 11) is 0. The number of nitriles is 3. The van der Waals surface area contributed by atoms with E-state index in [0.717, 1.165) is 30.6 Å². The van der Waals surface area contributed by atoms with Gasteiger partial charge in [-0.05, 0) is 35.1 Å². The van der Waals surface area contributed by atoms with Gasteiger partial charge in [0.25, 0.3) is 0 Å². The molecule has 2 aliphatic rings. The molecule has 0 fully saturated rings. The third-order valence-corrected chi connectivity index (χ3v) is 6.42. The first-order valence-corrected chi connectivity index (χ1v) is 10.5. The van der Waals surface area contributed by atoms with Gasteiger partial charge in [0.15, 0.2) is 5.41 Å². The third kappa shape index (κ3) is 3.39. The van der Waals surface area contributed by atoms with E-state index in [1.165, 1.54) is 5.56 Å². The van der Waals surface area contributed by atoms with Gasteiger partial charge in [0.1, 0.15) is 6.07 Å². The summed E-state index contributed by atoms with van der Waals surface area (Å²) in [5.41, 5.74) is 8.20. The van der Waals surface area contributed by atoms with Gasteiger partial charge in [-0.15, -0.1) is 0 Å². The van der Waals surface area contributed by atoms with E-state index < -0.39 is 11.3 Å². The zero-order valence-electron chi connectivity index (χ0n) is 18.2. The Morgan fingerprint density at radius 3 is 2.27 bits per heavy atom. The van der Waals surface area contributed by atoms with Crippen molar-refractivity contribution in [3.05, 3.63) is 58.3 Å². The van der Waals surface area contributed by atoms with Crippen molar-refractivity contribution in [3.8, 4) is 18.2 Å². The van der Waals surface area contributed by atoms with E-state index in [1.807, 2.05) is 12.1 Å².